The number of nitrogens with zero attached hydrogens (tertiary/aromatic N) is 1. The third-order valence-corrected chi connectivity index (χ3v) is 5.07. The molecule has 0 spiro atoms. The lowest BCUT2D eigenvalue weighted by Gasteiger charge is -2.47. The number of phenols is 1. The van der Waals surface area contributed by atoms with Gasteiger partial charge in [0.2, 0.25) is 0 Å². The van der Waals surface area contributed by atoms with Crippen molar-refractivity contribution in [1.29, 1.82) is 0 Å². The van der Waals surface area contributed by atoms with Gasteiger partial charge in [-0.15, -0.1) is 0 Å². The van der Waals surface area contributed by atoms with E-state index in [-0.39, 0.29) is 11.5 Å². The normalized spacial score (nSPS) is 34.5. The van der Waals surface area contributed by atoms with Crippen LogP contribution >= 0.6 is 0 Å². The molecule has 0 saturated heterocycles. The summed E-state index contributed by atoms with van der Waals surface area (Å²) in [4.78, 5) is 10.7. The maximum atomic E-state index is 10.7. The van der Waals surface area contributed by atoms with Crippen LogP contribution in [0.5, 0.6) is 5.75 Å². The molecule has 0 amide bonds. The fraction of sp³-hybridized carbons (Fsp3) is 0.600. The van der Waals surface area contributed by atoms with Gasteiger partial charge < -0.3 is 5.11 Å². The first-order valence-corrected chi connectivity index (χ1v) is 6.78. The fourth-order valence-corrected chi connectivity index (χ4v) is 3.94. The highest BCUT2D eigenvalue weighted by Gasteiger charge is 2.44. The van der Waals surface area contributed by atoms with Crippen molar-refractivity contribution in [2.75, 3.05) is 0 Å². The van der Waals surface area contributed by atoms with Crippen LogP contribution in [-0.4, -0.2) is 11.1 Å². The second-order valence-electron chi connectivity index (χ2n) is 6.03. The molecular weight excluding hydrogens is 226 g/mol. The first-order valence-electron chi connectivity index (χ1n) is 6.78. The van der Waals surface area contributed by atoms with Crippen LogP contribution in [0.15, 0.2) is 23.4 Å². The van der Waals surface area contributed by atoms with Gasteiger partial charge in [-0.25, -0.2) is 0 Å². The van der Waals surface area contributed by atoms with Gasteiger partial charge >= 0.3 is 0 Å². The maximum absolute atomic E-state index is 10.7. The van der Waals surface area contributed by atoms with Gasteiger partial charge in [-0.2, -0.15) is 4.91 Å². The monoisotopic (exact) mass is 245 g/mol. The molecule has 1 aromatic rings. The van der Waals surface area contributed by atoms with Crippen LogP contribution in [0.3, 0.4) is 0 Å². The zero-order valence-corrected chi connectivity index (χ0v) is 10.7. The second-order valence-corrected chi connectivity index (χ2v) is 6.03. The van der Waals surface area contributed by atoms with Crippen LogP contribution in [-0.2, 0) is 11.8 Å². The van der Waals surface area contributed by atoms with Gasteiger partial charge in [0.15, 0.2) is 0 Å². The molecule has 18 heavy (non-hydrogen) atoms. The Morgan fingerprint density at radius 2 is 2.22 bits per heavy atom. The van der Waals surface area contributed by atoms with Crippen LogP contribution < -0.4 is 0 Å². The van der Waals surface area contributed by atoms with Crippen LogP contribution in [0.1, 0.15) is 43.7 Å². The molecule has 3 rings (SSSR count). The summed E-state index contributed by atoms with van der Waals surface area (Å²) in [5.74, 6) is 0.921. The van der Waals surface area contributed by atoms with Gasteiger partial charge in [-0.05, 0) is 66.7 Å². The smallest absolute Gasteiger partial charge is 0.115 e. The molecule has 3 nitrogen and oxygen atoms in total. The first kappa shape index (κ1) is 11.7. The molecule has 1 N–H and O–H groups in total. The van der Waals surface area contributed by atoms with Gasteiger partial charge in [0, 0.05) is 0 Å². The van der Waals surface area contributed by atoms with E-state index in [0.29, 0.717) is 11.7 Å². The van der Waals surface area contributed by atoms with Crippen molar-refractivity contribution in [3.05, 3.63) is 34.2 Å². The molecule has 0 radical (unpaired) electrons. The molecule has 0 bridgehead atoms. The fourth-order valence-electron chi connectivity index (χ4n) is 3.94. The largest absolute Gasteiger partial charge is 0.508 e. The van der Waals surface area contributed by atoms with E-state index in [0.717, 1.165) is 32.1 Å². The molecule has 1 aromatic carbocycles. The lowest BCUT2D eigenvalue weighted by molar-refractivity contribution is 0.162. The predicted molar refractivity (Wildman–Crippen MR) is 70.7 cm³/mol. The SMILES string of the molecule is C[C@@]12CCC(N=O)C[C@@H]1CCc1cc(O)ccc12. The molecule has 3 heteroatoms. The minimum absolute atomic E-state index is 0.0155. The zero-order valence-electron chi connectivity index (χ0n) is 10.7. The van der Waals surface area contributed by atoms with Gasteiger partial charge in [-0.1, -0.05) is 18.2 Å². The van der Waals surface area contributed by atoms with Gasteiger partial charge in [0.1, 0.15) is 5.75 Å². The summed E-state index contributed by atoms with van der Waals surface area (Å²) in [6, 6.07) is 5.78. The summed E-state index contributed by atoms with van der Waals surface area (Å²) in [5, 5.41) is 12.8. The molecule has 2 aliphatic carbocycles. The van der Waals surface area contributed by atoms with E-state index in [9.17, 15) is 10.0 Å². The number of hydrogen-bond donors (Lipinski definition) is 1. The second kappa shape index (κ2) is 4.08. The van der Waals surface area contributed by atoms with E-state index >= 15 is 0 Å². The third-order valence-electron chi connectivity index (χ3n) is 5.07. The van der Waals surface area contributed by atoms with Crippen LogP contribution in [0.2, 0.25) is 0 Å². The number of rotatable bonds is 1. The van der Waals surface area contributed by atoms with Crippen LogP contribution in [0, 0.1) is 10.8 Å². The Balaban J connectivity index is 1.99. The lowest BCUT2D eigenvalue weighted by Crippen LogP contribution is -2.42. The number of nitroso groups, excluding NO2 is 1. The highest BCUT2D eigenvalue weighted by atomic mass is 16.3. The molecule has 1 unspecified atom stereocenters. The molecule has 0 heterocycles. The third kappa shape index (κ3) is 1.64. The summed E-state index contributed by atoms with van der Waals surface area (Å²) >= 11 is 0. The van der Waals surface area contributed by atoms with E-state index in [2.05, 4.69) is 18.2 Å². The minimum Gasteiger partial charge on any atom is -0.508 e. The van der Waals surface area contributed by atoms with Crippen molar-refractivity contribution in [2.24, 2.45) is 11.1 Å². The summed E-state index contributed by atoms with van der Waals surface area (Å²) in [7, 11) is 0. The lowest BCUT2D eigenvalue weighted by atomic mass is 9.57. The highest BCUT2D eigenvalue weighted by Crippen LogP contribution is 2.50. The van der Waals surface area contributed by atoms with Crippen molar-refractivity contribution in [3.8, 4) is 5.75 Å². The molecule has 1 fully saturated rings. The van der Waals surface area contributed by atoms with Crippen molar-refractivity contribution >= 4 is 0 Å². The van der Waals surface area contributed by atoms with E-state index in [1.165, 1.54) is 11.1 Å². The van der Waals surface area contributed by atoms with Gasteiger partial charge in [0.25, 0.3) is 0 Å². The van der Waals surface area contributed by atoms with Gasteiger partial charge in [0.05, 0.1) is 6.04 Å². The van der Waals surface area contributed by atoms with Crippen molar-refractivity contribution in [3.63, 3.8) is 0 Å². The number of hydrogen-bond acceptors (Lipinski definition) is 3. The Labute approximate surface area is 107 Å². The molecule has 1 saturated carbocycles. The van der Waals surface area contributed by atoms with E-state index < -0.39 is 0 Å². The first-order chi connectivity index (χ1) is 8.63. The van der Waals surface area contributed by atoms with E-state index in [1.807, 2.05) is 6.07 Å². The molecular formula is C15H19NO2. The number of fused-ring (bicyclic) bond motifs is 3. The minimum atomic E-state index is 0.0155. The van der Waals surface area contributed by atoms with Crippen LogP contribution in [0.4, 0.5) is 0 Å². The Kier molecular flexibility index (Phi) is 2.65. The van der Waals surface area contributed by atoms with E-state index in [4.69, 9.17) is 0 Å². The van der Waals surface area contributed by atoms with Gasteiger partial charge in [-0.3, -0.25) is 0 Å². The standard InChI is InChI=1S/C15H19NO2/c1-15-7-6-12(16-18)9-11(15)3-2-10-8-13(17)4-5-14(10)15/h4-5,8,11-12,17H,2-3,6-7,9H2,1H3/t11-,12?,15+/m0/s1. The molecule has 96 valence electrons. The predicted octanol–water partition coefficient (Wildman–Crippen LogP) is 3.53. The maximum Gasteiger partial charge on any atom is 0.115 e. The van der Waals surface area contributed by atoms with E-state index in [1.54, 1.807) is 6.07 Å². The number of aryl methyl sites for hydroxylation is 1. The highest BCUT2D eigenvalue weighted by molar-refractivity contribution is 5.42. The summed E-state index contributed by atoms with van der Waals surface area (Å²) in [6.45, 7) is 2.31. The Morgan fingerprint density at radius 1 is 1.39 bits per heavy atom. The summed E-state index contributed by atoms with van der Waals surface area (Å²) in [5.41, 5.74) is 2.83. The Bertz CT molecular complexity index is 485. The summed E-state index contributed by atoms with van der Waals surface area (Å²) < 4.78 is 0. The molecule has 2 aliphatic rings. The Hall–Kier alpha value is -1.38. The number of aromatic hydroxyl groups is 1. The molecule has 0 aromatic heterocycles. The molecule has 0 aliphatic heterocycles. The quantitative estimate of drug-likeness (QED) is 0.769. The number of benzene rings is 1. The topological polar surface area (TPSA) is 49.7 Å². The van der Waals surface area contributed by atoms with Crippen molar-refractivity contribution in [1.82, 2.24) is 0 Å². The average molecular weight is 245 g/mol. The number of phenolic OH excluding ortho intramolecular Hbond substituents is 1. The van der Waals surface area contributed by atoms with Crippen LogP contribution in [0.25, 0.3) is 0 Å². The summed E-state index contributed by atoms with van der Waals surface area (Å²) in [6.07, 6.45) is 4.98. The average Bonchev–Trinajstić information content (AvgIpc) is 2.37. The van der Waals surface area contributed by atoms with Crippen molar-refractivity contribution < 1.29 is 5.11 Å². The Morgan fingerprint density at radius 3 is 3.00 bits per heavy atom. The molecule has 3 atom stereocenters. The van der Waals surface area contributed by atoms with Crippen molar-refractivity contribution in [2.45, 2.75) is 50.5 Å². The zero-order chi connectivity index (χ0) is 12.8.